The predicted molar refractivity (Wildman–Crippen MR) is 123 cm³/mol. The van der Waals surface area contributed by atoms with Gasteiger partial charge in [0.2, 0.25) is 0 Å². The number of urea groups is 1. The molecule has 11 heteroatoms. The molecule has 0 saturated carbocycles. The van der Waals surface area contributed by atoms with Crippen LogP contribution in [0, 0.1) is 0 Å². The molecule has 0 aliphatic rings. The minimum absolute atomic E-state index is 0.0103. The third-order valence-corrected chi connectivity index (χ3v) is 6.45. The molecule has 31 heavy (non-hydrogen) atoms. The number of hydrogen-bond acceptors (Lipinski definition) is 5. The highest BCUT2D eigenvalue weighted by Gasteiger charge is 2.16. The summed E-state index contributed by atoms with van der Waals surface area (Å²) in [6.45, 7) is 1.77. The Hall–Kier alpha value is -3.01. The molecule has 0 saturated heterocycles. The minimum atomic E-state index is -3.84. The van der Waals surface area contributed by atoms with Crippen molar-refractivity contribution in [3.63, 3.8) is 0 Å². The molecular formula is C20H19Cl2N5O3S. The Bertz CT molecular complexity index is 1190. The molecule has 1 atom stereocenters. The predicted octanol–water partition coefficient (Wildman–Crippen LogP) is 4.65. The fraction of sp³-hybridized carbons (Fsp3) is 0.100. The van der Waals surface area contributed by atoms with Crippen LogP contribution in [0.15, 0.2) is 65.7 Å². The van der Waals surface area contributed by atoms with Gasteiger partial charge in [0.1, 0.15) is 5.82 Å². The summed E-state index contributed by atoms with van der Waals surface area (Å²) in [5.41, 5.74) is 7.05. The van der Waals surface area contributed by atoms with Crippen LogP contribution in [-0.2, 0) is 10.0 Å². The number of carbonyl (C=O) groups is 1. The van der Waals surface area contributed by atoms with E-state index in [9.17, 15) is 13.2 Å². The van der Waals surface area contributed by atoms with Crippen molar-refractivity contribution < 1.29 is 13.2 Å². The zero-order valence-electron chi connectivity index (χ0n) is 16.3. The molecule has 3 aromatic rings. The monoisotopic (exact) mass is 479 g/mol. The standard InChI is InChI=1S/C20H19Cl2N5O3S/c1-12(16-3-2-4-17(21)19(16)22)25-20(28)26-14-6-8-15(9-7-14)31(29,30)27-18-10-5-13(23)11-24-18/h2-12H,23H2,1H3,(H,24,27)(H2,25,26,28)/t12-/m0/s1. The topological polar surface area (TPSA) is 126 Å². The summed E-state index contributed by atoms with van der Waals surface area (Å²) in [5.74, 6) is 0.143. The van der Waals surface area contributed by atoms with Gasteiger partial charge in [0, 0.05) is 5.69 Å². The lowest BCUT2D eigenvalue weighted by Gasteiger charge is -2.17. The van der Waals surface area contributed by atoms with Crippen molar-refractivity contribution in [2.24, 2.45) is 0 Å². The van der Waals surface area contributed by atoms with E-state index in [1.54, 1.807) is 25.1 Å². The van der Waals surface area contributed by atoms with Crippen LogP contribution in [0.5, 0.6) is 0 Å². The smallest absolute Gasteiger partial charge is 0.319 e. The first-order valence-electron chi connectivity index (χ1n) is 9.01. The van der Waals surface area contributed by atoms with Gasteiger partial charge in [0.15, 0.2) is 0 Å². The maximum atomic E-state index is 12.5. The summed E-state index contributed by atoms with van der Waals surface area (Å²) in [5, 5.41) is 6.16. The number of nitrogen functional groups attached to an aromatic ring is 1. The maximum absolute atomic E-state index is 12.5. The summed E-state index contributed by atoms with van der Waals surface area (Å²) >= 11 is 12.2. The molecule has 0 aliphatic heterocycles. The Morgan fingerprint density at radius 1 is 1.06 bits per heavy atom. The second-order valence-electron chi connectivity index (χ2n) is 6.57. The van der Waals surface area contributed by atoms with Crippen molar-refractivity contribution in [2.45, 2.75) is 17.9 Å². The highest BCUT2D eigenvalue weighted by molar-refractivity contribution is 7.92. The zero-order chi connectivity index (χ0) is 22.6. The molecule has 1 aromatic heterocycles. The van der Waals surface area contributed by atoms with E-state index in [0.717, 1.165) is 0 Å². The molecule has 2 amide bonds. The van der Waals surface area contributed by atoms with Crippen LogP contribution < -0.4 is 21.1 Å². The van der Waals surface area contributed by atoms with Crippen LogP contribution >= 0.6 is 23.2 Å². The summed E-state index contributed by atoms with van der Waals surface area (Å²) < 4.78 is 27.3. The van der Waals surface area contributed by atoms with Crippen molar-refractivity contribution in [3.05, 3.63) is 76.4 Å². The summed E-state index contributed by atoms with van der Waals surface area (Å²) in [4.78, 5) is 16.2. The highest BCUT2D eigenvalue weighted by atomic mass is 35.5. The van der Waals surface area contributed by atoms with E-state index >= 15 is 0 Å². The van der Waals surface area contributed by atoms with Crippen LogP contribution in [0.1, 0.15) is 18.5 Å². The maximum Gasteiger partial charge on any atom is 0.319 e. The summed E-state index contributed by atoms with van der Waals surface area (Å²) in [7, 11) is -3.84. The normalized spacial score (nSPS) is 12.1. The van der Waals surface area contributed by atoms with E-state index in [0.29, 0.717) is 27.0 Å². The van der Waals surface area contributed by atoms with Gasteiger partial charge in [-0.2, -0.15) is 0 Å². The second kappa shape index (κ2) is 9.42. The molecule has 0 spiro atoms. The van der Waals surface area contributed by atoms with Crippen LogP contribution in [0.2, 0.25) is 10.0 Å². The first-order chi connectivity index (χ1) is 14.7. The molecule has 2 aromatic carbocycles. The molecule has 162 valence electrons. The van der Waals surface area contributed by atoms with Gasteiger partial charge in [0.25, 0.3) is 10.0 Å². The largest absolute Gasteiger partial charge is 0.397 e. The molecular weight excluding hydrogens is 461 g/mol. The Morgan fingerprint density at radius 3 is 2.42 bits per heavy atom. The fourth-order valence-electron chi connectivity index (χ4n) is 2.68. The third-order valence-electron chi connectivity index (χ3n) is 4.24. The quantitative estimate of drug-likeness (QED) is 0.409. The van der Waals surface area contributed by atoms with Crippen LogP contribution in [0.4, 0.5) is 22.0 Å². The number of anilines is 3. The van der Waals surface area contributed by atoms with Crippen molar-refractivity contribution in [3.8, 4) is 0 Å². The van der Waals surface area contributed by atoms with Crippen molar-refractivity contribution in [1.29, 1.82) is 0 Å². The van der Waals surface area contributed by atoms with E-state index < -0.39 is 22.1 Å². The van der Waals surface area contributed by atoms with Crippen LogP contribution in [-0.4, -0.2) is 19.4 Å². The number of nitrogens with zero attached hydrogens (tertiary/aromatic N) is 1. The molecule has 0 aliphatic carbocycles. The molecule has 5 N–H and O–H groups in total. The first kappa shape index (κ1) is 22.7. The number of amides is 2. The number of sulfonamides is 1. The molecule has 0 unspecified atom stereocenters. The molecule has 0 bridgehead atoms. The number of halogens is 2. The van der Waals surface area contributed by atoms with Gasteiger partial charge in [-0.05, 0) is 55.0 Å². The highest BCUT2D eigenvalue weighted by Crippen LogP contribution is 2.29. The lowest BCUT2D eigenvalue weighted by atomic mass is 10.1. The minimum Gasteiger partial charge on any atom is -0.397 e. The SMILES string of the molecule is C[C@H](NC(=O)Nc1ccc(S(=O)(=O)Nc2ccc(N)cn2)cc1)c1cccc(Cl)c1Cl. The van der Waals surface area contributed by atoms with Crippen LogP contribution in [0.3, 0.4) is 0 Å². The molecule has 0 radical (unpaired) electrons. The lowest BCUT2D eigenvalue weighted by Crippen LogP contribution is -2.31. The molecule has 8 nitrogen and oxygen atoms in total. The van der Waals surface area contributed by atoms with E-state index in [1.165, 1.54) is 42.6 Å². The zero-order valence-corrected chi connectivity index (χ0v) is 18.6. The van der Waals surface area contributed by atoms with Gasteiger partial charge in [0.05, 0.1) is 32.9 Å². The number of nitrogens with two attached hydrogens (primary N) is 1. The van der Waals surface area contributed by atoms with E-state index in [1.807, 2.05) is 0 Å². The van der Waals surface area contributed by atoms with E-state index in [4.69, 9.17) is 28.9 Å². The second-order valence-corrected chi connectivity index (χ2v) is 9.04. The fourth-order valence-corrected chi connectivity index (χ4v) is 4.16. The van der Waals surface area contributed by atoms with Crippen molar-refractivity contribution in [2.75, 3.05) is 15.8 Å². The van der Waals surface area contributed by atoms with Gasteiger partial charge in [-0.1, -0.05) is 35.3 Å². The lowest BCUT2D eigenvalue weighted by molar-refractivity contribution is 0.249. The van der Waals surface area contributed by atoms with Gasteiger partial charge in [-0.3, -0.25) is 4.72 Å². The van der Waals surface area contributed by atoms with Crippen LogP contribution in [0.25, 0.3) is 0 Å². The molecule has 0 fully saturated rings. The summed E-state index contributed by atoms with van der Waals surface area (Å²) in [6.07, 6.45) is 1.35. The van der Waals surface area contributed by atoms with Gasteiger partial charge in [-0.15, -0.1) is 0 Å². The Kier molecular flexibility index (Phi) is 6.89. The number of carbonyl (C=O) groups excluding carboxylic acids is 1. The van der Waals surface area contributed by atoms with Gasteiger partial charge < -0.3 is 16.4 Å². The Balaban J connectivity index is 1.63. The Morgan fingerprint density at radius 2 is 1.77 bits per heavy atom. The third kappa shape index (κ3) is 5.78. The number of nitrogens with one attached hydrogen (secondary N) is 3. The Labute approximate surface area is 189 Å². The number of aromatic nitrogens is 1. The van der Waals surface area contributed by atoms with E-state index in [2.05, 4.69) is 20.3 Å². The van der Waals surface area contributed by atoms with E-state index in [-0.39, 0.29) is 10.7 Å². The average molecular weight is 480 g/mol. The average Bonchev–Trinajstić information content (AvgIpc) is 2.72. The number of pyridine rings is 1. The molecule has 3 rings (SSSR count). The van der Waals surface area contributed by atoms with Crippen molar-refractivity contribution >= 4 is 56.4 Å². The number of benzene rings is 2. The van der Waals surface area contributed by atoms with Crippen molar-refractivity contribution in [1.82, 2.24) is 10.3 Å². The number of rotatable bonds is 6. The molecule has 1 heterocycles. The van der Waals surface area contributed by atoms with Gasteiger partial charge in [-0.25, -0.2) is 18.2 Å². The van der Waals surface area contributed by atoms with Gasteiger partial charge >= 0.3 is 6.03 Å². The summed E-state index contributed by atoms with van der Waals surface area (Å²) in [6, 6.07) is 13.0. The number of hydrogen-bond donors (Lipinski definition) is 4. The first-order valence-corrected chi connectivity index (χ1v) is 11.3.